The summed E-state index contributed by atoms with van der Waals surface area (Å²) in [7, 11) is -2.55. The van der Waals surface area contributed by atoms with Gasteiger partial charge in [-0.3, -0.25) is 4.79 Å². The Kier molecular flexibility index (Phi) is 8.94. The molecule has 190 valence electrons. The van der Waals surface area contributed by atoms with Crippen LogP contribution in [0.5, 0.6) is 0 Å². The van der Waals surface area contributed by atoms with Gasteiger partial charge in [0.25, 0.3) is 8.32 Å². The molecule has 2 unspecified atom stereocenters. The number of benzene rings is 3. The molecule has 0 N–H and O–H groups in total. The maximum absolute atomic E-state index is 13.2. The van der Waals surface area contributed by atoms with Gasteiger partial charge >= 0.3 is 0 Å². The standard InChI is InChI=1S/C32H40O3Si/c1-32(2,3)36(29-15-9-5-10-16-29,30-17-11-6-12-18-30)35-24-22-28-20-19-27(31(28)33)21-23-34-25-26-13-7-4-8-14-26/h4-18,27-28H,19-25H2,1-3H3. The first kappa shape index (κ1) is 26.5. The molecule has 1 fully saturated rings. The monoisotopic (exact) mass is 500 g/mol. The Morgan fingerprint density at radius 2 is 1.19 bits per heavy atom. The molecule has 0 spiro atoms. The summed E-state index contributed by atoms with van der Waals surface area (Å²) in [6.07, 6.45) is 3.55. The van der Waals surface area contributed by atoms with Crippen LogP contribution in [0.1, 0.15) is 52.0 Å². The van der Waals surface area contributed by atoms with Gasteiger partial charge in [0.1, 0.15) is 5.78 Å². The summed E-state index contributed by atoms with van der Waals surface area (Å²) in [6, 6.07) is 31.7. The van der Waals surface area contributed by atoms with Crippen molar-refractivity contribution in [3.8, 4) is 0 Å². The van der Waals surface area contributed by atoms with E-state index in [0.29, 0.717) is 25.6 Å². The first-order valence-corrected chi connectivity index (χ1v) is 15.2. The van der Waals surface area contributed by atoms with Crippen molar-refractivity contribution in [1.82, 2.24) is 0 Å². The van der Waals surface area contributed by atoms with Gasteiger partial charge in [-0.1, -0.05) is 112 Å². The lowest BCUT2D eigenvalue weighted by Gasteiger charge is -2.43. The normalized spacial score (nSPS) is 18.5. The molecule has 1 aliphatic rings. The molecule has 36 heavy (non-hydrogen) atoms. The summed E-state index contributed by atoms with van der Waals surface area (Å²) < 4.78 is 12.9. The van der Waals surface area contributed by atoms with Gasteiger partial charge in [-0.25, -0.2) is 0 Å². The van der Waals surface area contributed by atoms with Gasteiger partial charge in [0, 0.05) is 25.0 Å². The highest BCUT2D eigenvalue weighted by Crippen LogP contribution is 2.38. The van der Waals surface area contributed by atoms with Crippen molar-refractivity contribution < 1.29 is 14.0 Å². The summed E-state index contributed by atoms with van der Waals surface area (Å²) in [5.41, 5.74) is 1.17. The van der Waals surface area contributed by atoms with E-state index in [0.717, 1.165) is 25.7 Å². The lowest BCUT2D eigenvalue weighted by Crippen LogP contribution is -2.66. The van der Waals surface area contributed by atoms with E-state index >= 15 is 0 Å². The number of hydrogen-bond acceptors (Lipinski definition) is 3. The smallest absolute Gasteiger partial charge is 0.261 e. The van der Waals surface area contributed by atoms with Crippen molar-refractivity contribution in [1.29, 1.82) is 0 Å². The zero-order valence-electron chi connectivity index (χ0n) is 22.0. The number of ketones is 1. The van der Waals surface area contributed by atoms with Crippen LogP contribution >= 0.6 is 0 Å². The van der Waals surface area contributed by atoms with Gasteiger partial charge in [-0.2, -0.15) is 0 Å². The molecule has 4 heteroatoms. The van der Waals surface area contributed by atoms with Crippen LogP contribution in [0.4, 0.5) is 0 Å². The molecule has 2 atom stereocenters. The lowest BCUT2D eigenvalue weighted by molar-refractivity contribution is -0.124. The van der Waals surface area contributed by atoms with Crippen molar-refractivity contribution in [3.63, 3.8) is 0 Å². The van der Waals surface area contributed by atoms with Gasteiger partial charge in [-0.15, -0.1) is 0 Å². The zero-order chi connectivity index (χ0) is 25.4. The minimum absolute atomic E-state index is 0.0476. The van der Waals surface area contributed by atoms with Crippen LogP contribution in [0.15, 0.2) is 91.0 Å². The van der Waals surface area contributed by atoms with E-state index < -0.39 is 8.32 Å². The van der Waals surface area contributed by atoms with Crippen LogP contribution < -0.4 is 10.4 Å². The van der Waals surface area contributed by atoms with E-state index in [2.05, 4.69) is 93.6 Å². The van der Waals surface area contributed by atoms with Crippen LogP contribution in [0, 0.1) is 11.8 Å². The molecule has 3 aromatic carbocycles. The van der Waals surface area contributed by atoms with E-state index in [-0.39, 0.29) is 16.9 Å². The molecular weight excluding hydrogens is 460 g/mol. The predicted molar refractivity (Wildman–Crippen MR) is 150 cm³/mol. The van der Waals surface area contributed by atoms with Gasteiger partial charge in [0.2, 0.25) is 0 Å². The fourth-order valence-corrected chi connectivity index (χ4v) is 10.3. The molecule has 0 aliphatic heterocycles. The zero-order valence-corrected chi connectivity index (χ0v) is 23.0. The molecule has 0 aromatic heterocycles. The van der Waals surface area contributed by atoms with E-state index in [4.69, 9.17) is 9.16 Å². The second-order valence-electron chi connectivity index (χ2n) is 11.0. The molecule has 0 saturated heterocycles. The molecule has 0 bridgehead atoms. The molecule has 0 heterocycles. The molecule has 3 aromatic rings. The number of ether oxygens (including phenoxy) is 1. The summed E-state index contributed by atoms with van der Waals surface area (Å²) in [4.78, 5) is 13.2. The Balaban J connectivity index is 1.37. The fraction of sp³-hybridized carbons (Fsp3) is 0.406. The third-order valence-electron chi connectivity index (χ3n) is 7.59. The van der Waals surface area contributed by atoms with Crippen LogP contribution in [0.25, 0.3) is 0 Å². The van der Waals surface area contributed by atoms with Crippen molar-refractivity contribution in [3.05, 3.63) is 96.6 Å². The fourth-order valence-electron chi connectivity index (χ4n) is 5.70. The van der Waals surface area contributed by atoms with Crippen LogP contribution in [-0.2, 0) is 20.6 Å². The van der Waals surface area contributed by atoms with Crippen molar-refractivity contribution >= 4 is 24.5 Å². The largest absolute Gasteiger partial charge is 0.407 e. The second-order valence-corrected chi connectivity index (χ2v) is 15.3. The Hall–Kier alpha value is -2.53. The Bertz CT molecular complexity index is 1040. The second kappa shape index (κ2) is 12.1. The Labute approximate surface area is 218 Å². The van der Waals surface area contributed by atoms with Gasteiger partial charge in [0.15, 0.2) is 0 Å². The molecule has 0 radical (unpaired) electrons. The number of carbonyl (C=O) groups is 1. The third kappa shape index (κ3) is 6.05. The van der Waals surface area contributed by atoms with E-state index in [1.165, 1.54) is 15.9 Å². The maximum atomic E-state index is 13.2. The van der Waals surface area contributed by atoms with Crippen molar-refractivity contribution in [2.24, 2.45) is 11.8 Å². The molecule has 1 saturated carbocycles. The molecule has 0 amide bonds. The van der Waals surface area contributed by atoms with Crippen LogP contribution in [0.3, 0.4) is 0 Å². The van der Waals surface area contributed by atoms with E-state index in [1.807, 2.05) is 18.2 Å². The SMILES string of the molecule is CC(C)(C)[Si](OCCC1CCC(CCOCc2ccccc2)C1=O)(c1ccccc1)c1ccccc1. The Morgan fingerprint density at radius 1 is 0.722 bits per heavy atom. The third-order valence-corrected chi connectivity index (χ3v) is 12.6. The summed E-state index contributed by atoms with van der Waals surface area (Å²) in [6.45, 7) is 8.75. The average molecular weight is 501 g/mol. The molecule has 3 nitrogen and oxygen atoms in total. The highest BCUT2D eigenvalue weighted by atomic mass is 28.4. The van der Waals surface area contributed by atoms with Gasteiger partial charge in [0.05, 0.1) is 6.61 Å². The first-order valence-electron chi connectivity index (χ1n) is 13.3. The average Bonchev–Trinajstić information content (AvgIpc) is 3.24. The minimum Gasteiger partial charge on any atom is -0.407 e. The lowest BCUT2D eigenvalue weighted by atomic mass is 9.98. The summed E-state index contributed by atoms with van der Waals surface area (Å²) >= 11 is 0. The van der Waals surface area contributed by atoms with Crippen LogP contribution in [-0.4, -0.2) is 27.3 Å². The maximum Gasteiger partial charge on any atom is 0.261 e. The summed E-state index contributed by atoms with van der Waals surface area (Å²) in [5, 5.41) is 2.53. The van der Waals surface area contributed by atoms with Gasteiger partial charge < -0.3 is 9.16 Å². The predicted octanol–water partition coefficient (Wildman–Crippen LogP) is 6.16. The number of carbonyl (C=O) groups excluding carboxylic acids is 1. The number of Topliss-reactive ketones (excluding diaryl/α,β-unsaturated/α-hetero) is 1. The summed E-state index contributed by atoms with van der Waals surface area (Å²) in [5.74, 6) is 0.630. The highest BCUT2D eigenvalue weighted by Gasteiger charge is 2.50. The molecular formula is C32H40O3Si. The quantitative estimate of drug-likeness (QED) is 0.234. The number of hydrogen-bond donors (Lipinski definition) is 0. The van der Waals surface area contributed by atoms with Gasteiger partial charge in [-0.05, 0) is 46.7 Å². The minimum atomic E-state index is -2.55. The topological polar surface area (TPSA) is 35.5 Å². The van der Waals surface area contributed by atoms with Crippen molar-refractivity contribution in [2.45, 2.75) is 58.1 Å². The number of rotatable bonds is 11. The first-order chi connectivity index (χ1) is 17.4. The van der Waals surface area contributed by atoms with Crippen molar-refractivity contribution in [2.75, 3.05) is 13.2 Å². The highest BCUT2D eigenvalue weighted by molar-refractivity contribution is 6.99. The molecule has 4 rings (SSSR count). The Morgan fingerprint density at radius 3 is 1.69 bits per heavy atom. The van der Waals surface area contributed by atoms with E-state index in [1.54, 1.807) is 0 Å². The van der Waals surface area contributed by atoms with Crippen LogP contribution in [0.2, 0.25) is 5.04 Å². The van der Waals surface area contributed by atoms with E-state index in [9.17, 15) is 4.79 Å². The molecule has 1 aliphatic carbocycles.